The molecule has 0 heterocycles. The summed E-state index contributed by atoms with van der Waals surface area (Å²) in [6.45, 7) is 2.63. The Hall–Kier alpha value is -0.930. The minimum atomic E-state index is -0.172. The van der Waals surface area contributed by atoms with Crippen molar-refractivity contribution in [2.24, 2.45) is 11.8 Å². The molecule has 0 saturated heterocycles. The number of halogens is 1. The summed E-state index contributed by atoms with van der Waals surface area (Å²) in [5.74, 6) is 1.10. The number of rotatable bonds is 8. The minimum absolute atomic E-state index is 0.172. The second kappa shape index (κ2) is 6.86. The lowest BCUT2D eigenvalue weighted by Crippen LogP contribution is -2.25. The number of hydrogen-bond acceptors (Lipinski definition) is 2. The molecule has 1 saturated carbocycles. The van der Waals surface area contributed by atoms with Crippen molar-refractivity contribution in [2.75, 3.05) is 26.8 Å². The van der Waals surface area contributed by atoms with Crippen molar-refractivity contribution >= 4 is 0 Å². The van der Waals surface area contributed by atoms with Gasteiger partial charge in [0.2, 0.25) is 0 Å². The average Bonchev–Trinajstić information content (AvgIpc) is 3.16. The van der Waals surface area contributed by atoms with Gasteiger partial charge in [-0.2, -0.15) is 0 Å². The van der Waals surface area contributed by atoms with Gasteiger partial charge in [0.25, 0.3) is 0 Å². The highest BCUT2D eigenvalue weighted by Gasteiger charge is 2.21. The van der Waals surface area contributed by atoms with Crippen molar-refractivity contribution in [3.05, 3.63) is 35.6 Å². The van der Waals surface area contributed by atoms with Crippen molar-refractivity contribution in [1.29, 1.82) is 0 Å². The first kappa shape index (κ1) is 13.5. The van der Waals surface area contributed by atoms with Crippen LogP contribution in [0.4, 0.5) is 4.39 Å². The Morgan fingerprint density at radius 1 is 1.33 bits per heavy atom. The Morgan fingerprint density at radius 2 is 2.06 bits per heavy atom. The van der Waals surface area contributed by atoms with E-state index in [0.29, 0.717) is 5.92 Å². The molecule has 0 amide bonds. The predicted octanol–water partition coefficient (Wildman–Crippen LogP) is 2.63. The standard InChI is InChI=1S/C15H22FNO/c1-17-9-14(11-18-10-13-2-3-13)8-12-4-6-15(16)7-5-12/h4-7,13-14,17H,2-3,8-11H2,1H3. The summed E-state index contributed by atoms with van der Waals surface area (Å²) in [6.07, 6.45) is 3.59. The van der Waals surface area contributed by atoms with Gasteiger partial charge in [-0.1, -0.05) is 12.1 Å². The molecule has 1 aromatic rings. The summed E-state index contributed by atoms with van der Waals surface area (Å²) in [7, 11) is 1.96. The number of benzene rings is 1. The van der Waals surface area contributed by atoms with E-state index in [2.05, 4.69) is 5.32 Å². The van der Waals surface area contributed by atoms with Crippen LogP contribution < -0.4 is 5.32 Å². The third kappa shape index (κ3) is 4.75. The summed E-state index contributed by atoms with van der Waals surface area (Å²) in [4.78, 5) is 0. The van der Waals surface area contributed by atoms with Gasteiger partial charge in [-0.15, -0.1) is 0 Å². The highest BCUT2D eigenvalue weighted by Crippen LogP contribution is 2.29. The third-order valence-corrected chi connectivity index (χ3v) is 3.33. The Bertz CT molecular complexity index is 348. The van der Waals surface area contributed by atoms with Crippen molar-refractivity contribution in [1.82, 2.24) is 5.32 Å². The largest absolute Gasteiger partial charge is 0.381 e. The van der Waals surface area contributed by atoms with Crippen LogP contribution in [0.25, 0.3) is 0 Å². The van der Waals surface area contributed by atoms with Crippen molar-refractivity contribution in [3.63, 3.8) is 0 Å². The van der Waals surface area contributed by atoms with E-state index < -0.39 is 0 Å². The van der Waals surface area contributed by atoms with Gasteiger partial charge in [0.15, 0.2) is 0 Å². The monoisotopic (exact) mass is 251 g/mol. The van der Waals surface area contributed by atoms with Crippen LogP contribution in [0.1, 0.15) is 18.4 Å². The molecule has 100 valence electrons. The van der Waals surface area contributed by atoms with Crippen LogP contribution in [0.15, 0.2) is 24.3 Å². The second-order valence-corrected chi connectivity index (χ2v) is 5.24. The van der Waals surface area contributed by atoms with E-state index in [0.717, 1.165) is 32.1 Å². The van der Waals surface area contributed by atoms with Gasteiger partial charge in [0.1, 0.15) is 5.82 Å². The normalized spacial score (nSPS) is 16.8. The lowest BCUT2D eigenvalue weighted by atomic mass is 10.00. The van der Waals surface area contributed by atoms with Gasteiger partial charge in [-0.05, 0) is 55.8 Å². The zero-order valence-corrected chi connectivity index (χ0v) is 11.0. The molecular formula is C15H22FNO. The van der Waals surface area contributed by atoms with Crippen molar-refractivity contribution < 1.29 is 9.13 Å². The van der Waals surface area contributed by atoms with Gasteiger partial charge >= 0.3 is 0 Å². The molecule has 18 heavy (non-hydrogen) atoms. The zero-order valence-electron chi connectivity index (χ0n) is 11.0. The fourth-order valence-electron chi connectivity index (χ4n) is 2.12. The number of ether oxygens (including phenoxy) is 1. The van der Waals surface area contributed by atoms with Crippen LogP contribution in [0.3, 0.4) is 0 Å². The van der Waals surface area contributed by atoms with Gasteiger partial charge in [-0.3, -0.25) is 0 Å². The molecule has 2 rings (SSSR count). The number of nitrogens with one attached hydrogen (secondary N) is 1. The molecule has 2 nitrogen and oxygen atoms in total. The Kier molecular flexibility index (Phi) is 5.14. The molecule has 0 radical (unpaired) electrons. The van der Waals surface area contributed by atoms with Crippen LogP contribution >= 0.6 is 0 Å². The average molecular weight is 251 g/mol. The first-order valence-electron chi connectivity index (χ1n) is 6.74. The fraction of sp³-hybridized carbons (Fsp3) is 0.600. The van der Waals surface area contributed by atoms with Crippen LogP contribution in [-0.4, -0.2) is 26.8 Å². The zero-order chi connectivity index (χ0) is 12.8. The molecule has 0 aliphatic heterocycles. The van der Waals surface area contributed by atoms with E-state index in [1.165, 1.54) is 30.5 Å². The SMILES string of the molecule is CNCC(COCC1CC1)Cc1ccc(F)cc1. The van der Waals surface area contributed by atoms with Crippen LogP contribution in [0.2, 0.25) is 0 Å². The Labute approximate surface area is 109 Å². The summed E-state index contributed by atoms with van der Waals surface area (Å²) >= 11 is 0. The predicted molar refractivity (Wildman–Crippen MR) is 71.1 cm³/mol. The molecule has 0 aromatic heterocycles. The first-order valence-corrected chi connectivity index (χ1v) is 6.74. The van der Waals surface area contributed by atoms with Gasteiger partial charge in [0, 0.05) is 13.2 Å². The molecule has 1 unspecified atom stereocenters. The van der Waals surface area contributed by atoms with Gasteiger partial charge in [0.05, 0.1) is 6.61 Å². The van der Waals surface area contributed by atoms with E-state index in [1.807, 2.05) is 19.2 Å². The van der Waals surface area contributed by atoms with Crippen LogP contribution in [0.5, 0.6) is 0 Å². The van der Waals surface area contributed by atoms with Crippen molar-refractivity contribution in [3.8, 4) is 0 Å². The van der Waals surface area contributed by atoms with E-state index >= 15 is 0 Å². The Morgan fingerprint density at radius 3 is 2.67 bits per heavy atom. The molecular weight excluding hydrogens is 229 g/mol. The maximum atomic E-state index is 12.8. The van der Waals surface area contributed by atoms with E-state index in [9.17, 15) is 4.39 Å². The molecule has 1 fully saturated rings. The first-order chi connectivity index (χ1) is 8.78. The maximum absolute atomic E-state index is 12.8. The minimum Gasteiger partial charge on any atom is -0.381 e. The summed E-state index contributed by atoms with van der Waals surface area (Å²) in [6, 6.07) is 6.77. The molecule has 1 aliphatic carbocycles. The molecule has 1 aliphatic rings. The van der Waals surface area contributed by atoms with Gasteiger partial charge < -0.3 is 10.1 Å². The third-order valence-electron chi connectivity index (χ3n) is 3.33. The molecule has 1 atom stereocenters. The van der Waals surface area contributed by atoms with Crippen LogP contribution in [-0.2, 0) is 11.2 Å². The molecule has 1 aromatic carbocycles. The summed E-state index contributed by atoms with van der Waals surface area (Å²) in [5, 5.41) is 3.20. The second-order valence-electron chi connectivity index (χ2n) is 5.24. The lowest BCUT2D eigenvalue weighted by Gasteiger charge is -2.17. The lowest BCUT2D eigenvalue weighted by molar-refractivity contribution is 0.0913. The van der Waals surface area contributed by atoms with Crippen molar-refractivity contribution in [2.45, 2.75) is 19.3 Å². The summed E-state index contributed by atoms with van der Waals surface area (Å²) < 4.78 is 18.6. The molecule has 1 N–H and O–H groups in total. The highest BCUT2D eigenvalue weighted by atomic mass is 19.1. The van der Waals surface area contributed by atoms with Crippen LogP contribution in [0, 0.1) is 17.7 Å². The topological polar surface area (TPSA) is 21.3 Å². The smallest absolute Gasteiger partial charge is 0.123 e. The van der Waals surface area contributed by atoms with E-state index in [4.69, 9.17) is 4.74 Å². The quantitative estimate of drug-likeness (QED) is 0.767. The Balaban J connectivity index is 1.78. The number of hydrogen-bond donors (Lipinski definition) is 1. The maximum Gasteiger partial charge on any atom is 0.123 e. The molecule has 3 heteroatoms. The van der Waals surface area contributed by atoms with E-state index in [-0.39, 0.29) is 5.82 Å². The van der Waals surface area contributed by atoms with E-state index in [1.54, 1.807) is 0 Å². The highest BCUT2D eigenvalue weighted by molar-refractivity contribution is 5.16. The summed E-state index contributed by atoms with van der Waals surface area (Å²) in [5.41, 5.74) is 1.17. The molecule has 0 bridgehead atoms. The van der Waals surface area contributed by atoms with Gasteiger partial charge in [-0.25, -0.2) is 4.39 Å². The fourth-order valence-corrected chi connectivity index (χ4v) is 2.12. The molecule has 0 spiro atoms.